The van der Waals surface area contributed by atoms with Gasteiger partial charge in [-0.25, -0.2) is 0 Å². The summed E-state index contributed by atoms with van der Waals surface area (Å²) < 4.78 is 0. The highest BCUT2D eigenvalue weighted by atomic mass is 16.3. The smallest absolute Gasteiger partial charge is 0.223 e. The molecule has 0 spiro atoms. The van der Waals surface area contributed by atoms with Crippen LogP contribution < -0.4 is 0 Å². The normalized spacial score (nSPS) is 28.2. The van der Waals surface area contributed by atoms with E-state index in [-0.39, 0.29) is 17.6 Å². The lowest BCUT2D eigenvalue weighted by Gasteiger charge is -2.31. The Morgan fingerprint density at radius 1 is 1.41 bits per heavy atom. The molecular weight excluding hydrogens is 214 g/mol. The summed E-state index contributed by atoms with van der Waals surface area (Å²) in [5.74, 6) is 1.12. The van der Waals surface area contributed by atoms with Crippen LogP contribution >= 0.6 is 0 Å². The number of aliphatic hydroxyl groups excluding tert-OH is 1. The van der Waals surface area contributed by atoms with Crippen molar-refractivity contribution in [1.29, 1.82) is 0 Å². The lowest BCUT2D eigenvalue weighted by molar-refractivity contribution is -0.134. The quantitative estimate of drug-likeness (QED) is 0.818. The number of carbonyl (C=O) groups is 1. The molecule has 3 nitrogen and oxygen atoms in total. The highest BCUT2D eigenvalue weighted by molar-refractivity contribution is 5.77. The highest BCUT2D eigenvalue weighted by Crippen LogP contribution is 2.32. The van der Waals surface area contributed by atoms with Crippen LogP contribution in [0.5, 0.6) is 0 Å². The van der Waals surface area contributed by atoms with Gasteiger partial charge in [-0.2, -0.15) is 0 Å². The van der Waals surface area contributed by atoms with Gasteiger partial charge in [-0.1, -0.05) is 19.3 Å². The molecule has 2 fully saturated rings. The fourth-order valence-electron chi connectivity index (χ4n) is 3.11. The van der Waals surface area contributed by atoms with Crippen molar-refractivity contribution in [3.63, 3.8) is 0 Å². The van der Waals surface area contributed by atoms with Crippen LogP contribution in [0.3, 0.4) is 0 Å². The van der Waals surface area contributed by atoms with E-state index in [9.17, 15) is 9.90 Å². The van der Waals surface area contributed by atoms with Gasteiger partial charge in [0, 0.05) is 18.5 Å². The van der Waals surface area contributed by atoms with Crippen molar-refractivity contribution in [3.05, 3.63) is 0 Å². The molecule has 0 aromatic heterocycles. The minimum absolute atomic E-state index is 0.160. The predicted molar refractivity (Wildman–Crippen MR) is 67.6 cm³/mol. The first-order valence-corrected chi connectivity index (χ1v) is 6.97. The molecule has 2 rings (SSSR count). The number of carbonyl (C=O) groups excluding carboxylic acids is 1. The minimum atomic E-state index is -0.333. The molecule has 1 N–H and O–H groups in total. The van der Waals surface area contributed by atoms with Crippen LogP contribution in [0.25, 0.3) is 0 Å². The van der Waals surface area contributed by atoms with Crippen molar-refractivity contribution in [2.75, 3.05) is 6.54 Å². The van der Waals surface area contributed by atoms with E-state index in [2.05, 4.69) is 0 Å². The molecule has 0 radical (unpaired) electrons. The zero-order chi connectivity index (χ0) is 12.5. The van der Waals surface area contributed by atoms with Gasteiger partial charge in [-0.3, -0.25) is 4.79 Å². The second-order valence-electron chi connectivity index (χ2n) is 6.36. The number of rotatable bonds is 4. The van der Waals surface area contributed by atoms with Crippen LogP contribution in [0, 0.1) is 5.92 Å². The SMILES string of the molecule is CC1(C)CC(O)CN1C(=O)CCCC1CCC1. The molecule has 1 heterocycles. The van der Waals surface area contributed by atoms with Gasteiger partial charge in [-0.15, -0.1) is 0 Å². The Hall–Kier alpha value is -0.570. The Kier molecular flexibility index (Phi) is 3.76. The Balaban J connectivity index is 1.74. The maximum atomic E-state index is 12.1. The van der Waals surface area contributed by atoms with Crippen molar-refractivity contribution in [3.8, 4) is 0 Å². The Morgan fingerprint density at radius 2 is 2.12 bits per heavy atom. The highest BCUT2D eigenvalue weighted by Gasteiger charge is 2.39. The third kappa shape index (κ3) is 3.01. The van der Waals surface area contributed by atoms with Crippen LogP contribution in [0.15, 0.2) is 0 Å². The largest absolute Gasteiger partial charge is 0.391 e. The van der Waals surface area contributed by atoms with Gasteiger partial charge in [0.2, 0.25) is 5.91 Å². The Bertz CT molecular complexity index is 284. The molecule has 1 saturated carbocycles. The zero-order valence-corrected chi connectivity index (χ0v) is 11.1. The van der Waals surface area contributed by atoms with E-state index in [1.165, 1.54) is 25.7 Å². The Labute approximate surface area is 104 Å². The van der Waals surface area contributed by atoms with Crippen molar-refractivity contribution >= 4 is 5.91 Å². The summed E-state index contributed by atoms with van der Waals surface area (Å²) in [5, 5.41) is 9.65. The maximum Gasteiger partial charge on any atom is 0.223 e. The number of aliphatic hydroxyl groups is 1. The zero-order valence-electron chi connectivity index (χ0n) is 11.1. The van der Waals surface area contributed by atoms with Crippen LogP contribution in [0.1, 0.15) is 58.8 Å². The molecule has 0 bridgehead atoms. The summed E-state index contributed by atoms with van der Waals surface area (Å²) in [4.78, 5) is 14.0. The summed E-state index contributed by atoms with van der Waals surface area (Å²) >= 11 is 0. The fraction of sp³-hybridized carbons (Fsp3) is 0.929. The number of likely N-dealkylation sites (tertiary alicyclic amines) is 1. The van der Waals surface area contributed by atoms with Gasteiger partial charge in [0.05, 0.1) is 6.10 Å². The number of amides is 1. The molecule has 17 heavy (non-hydrogen) atoms. The van der Waals surface area contributed by atoms with Crippen molar-refractivity contribution in [2.24, 2.45) is 5.92 Å². The van der Waals surface area contributed by atoms with E-state index >= 15 is 0 Å². The first-order valence-electron chi connectivity index (χ1n) is 6.97. The molecule has 0 aromatic rings. The van der Waals surface area contributed by atoms with E-state index in [0.29, 0.717) is 19.4 Å². The summed E-state index contributed by atoms with van der Waals surface area (Å²) in [6, 6.07) is 0. The first kappa shape index (κ1) is 12.9. The molecule has 98 valence electrons. The molecule has 1 unspecified atom stereocenters. The van der Waals surface area contributed by atoms with Gasteiger partial charge in [0.1, 0.15) is 0 Å². The molecule has 1 aliphatic carbocycles. The van der Waals surface area contributed by atoms with Gasteiger partial charge < -0.3 is 10.0 Å². The van der Waals surface area contributed by atoms with Gasteiger partial charge in [0.25, 0.3) is 0 Å². The minimum Gasteiger partial charge on any atom is -0.391 e. The summed E-state index contributed by atoms with van der Waals surface area (Å²) in [6.07, 6.45) is 7.37. The molecular formula is C14H25NO2. The standard InChI is InChI=1S/C14H25NO2/c1-14(2)9-12(16)10-15(14)13(17)8-4-7-11-5-3-6-11/h11-12,16H,3-10H2,1-2H3. The summed E-state index contributed by atoms with van der Waals surface area (Å²) in [7, 11) is 0. The summed E-state index contributed by atoms with van der Waals surface area (Å²) in [5.41, 5.74) is -0.160. The Morgan fingerprint density at radius 3 is 2.59 bits per heavy atom. The van der Waals surface area contributed by atoms with Crippen LogP contribution in [-0.4, -0.2) is 34.1 Å². The molecule has 2 aliphatic rings. The van der Waals surface area contributed by atoms with Crippen molar-refractivity contribution in [1.82, 2.24) is 4.90 Å². The van der Waals surface area contributed by atoms with E-state index in [0.717, 1.165) is 12.3 Å². The molecule has 1 atom stereocenters. The third-order valence-corrected chi connectivity index (χ3v) is 4.39. The van der Waals surface area contributed by atoms with Gasteiger partial charge in [0.15, 0.2) is 0 Å². The third-order valence-electron chi connectivity index (χ3n) is 4.39. The average Bonchev–Trinajstić information content (AvgIpc) is 2.43. The van der Waals surface area contributed by atoms with Crippen LogP contribution in [-0.2, 0) is 4.79 Å². The molecule has 0 aromatic carbocycles. The lowest BCUT2D eigenvalue weighted by atomic mass is 9.82. The van der Waals surface area contributed by atoms with Crippen molar-refractivity contribution < 1.29 is 9.90 Å². The molecule has 3 heteroatoms. The number of β-amino-alcohol motifs (C(OH)–C–C–N with tert-alkyl or cyclic N) is 1. The maximum absolute atomic E-state index is 12.1. The van der Waals surface area contributed by atoms with Crippen LogP contribution in [0.4, 0.5) is 0 Å². The second-order valence-corrected chi connectivity index (χ2v) is 6.36. The molecule has 1 saturated heterocycles. The van der Waals surface area contributed by atoms with Gasteiger partial charge >= 0.3 is 0 Å². The number of hydrogen-bond donors (Lipinski definition) is 1. The monoisotopic (exact) mass is 239 g/mol. The fourth-order valence-corrected chi connectivity index (χ4v) is 3.11. The average molecular weight is 239 g/mol. The topological polar surface area (TPSA) is 40.5 Å². The first-order chi connectivity index (χ1) is 7.99. The van der Waals surface area contributed by atoms with E-state index in [1.54, 1.807) is 0 Å². The second kappa shape index (κ2) is 4.97. The predicted octanol–water partition coefficient (Wildman–Crippen LogP) is 2.33. The molecule has 1 aliphatic heterocycles. The lowest BCUT2D eigenvalue weighted by Crippen LogP contribution is -2.42. The number of nitrogens with zero attached hydrogens (tertiary/aromatic N) is 1. The molecule has 1 amide bonds. The van der Waals surface area contributed by atoms with Crippen molar-refractivity contribution in [2.45, 2.75) is 70.4 Å². The summed E-state index contributed by atoms with van der Waals surface area (Å²) in [6.45, 7) is 4.62. The van der Waals surface area contributed by atoms with E-state index in [4.69, 9.17) is 0 Å². The van der Waals surface area contributed by atoms with Gasteiger partial charge in [-0.05, 0) is 39.0 Å². The van der Waals surface area contributed by atoms with E-state index in [1.807, 2.05) is 18.7 Å². The number of hydrogen-bond acceptors (Lipinski definition) is 2. The van der Waals surface area contributed by atoms with Crippen LogP contribution in [0.2, 0.25) is 0 Å². The van der Waals surface area contributed by atoms with E-state index < -0.39 is 0 Å².